The number of hydrogen-bond acceptors (Lipinski definition) is 3. The van der Waals surface area contributed by atoms with Gasteiger partial charge in [0.15, 0.2) is 0 Å². The van der Waals surface area contributed by atoms with Gasteiger partial charge in [-0.1, -0.05) is 0 Å². The van der Waals surface area contributed by atoms with Crippen LogP contribution in [0.5, 0.6) is 0 Å². The minimum absolute atomic E-state index is 0.0501. The Morgan fingerprint density at radius 1 is 1.43 bits per heavy atom. The van der Waals surface area contributed by atoms with Crippen molar-refractivity contribution in [2.75, 3.05) is 13.6 Å². The van der Waals surface area contributed by atoms with Gasteiger partial charge in [0, 0.05) is 25.8 Å². The Balaban J connectivity index is 2.62. The van der Waals surface area contributed by atoms with E-state index in [2.05, 4.69) is 5.32 Å². The Morgan fingerprint density at radius 3 is 2.43 bits per heavy atom. The molecule has 0 bridgehead atoms. The van der Waals surface area contributed by atoms with E-state index in [1.54, 1.807) is 6.92 Å². The van der Waals surface area contributed by atoms with Crippen molar-refractivity contribution in [3.8, 4) is 0 Å². The predicted molar refractivity (Wildman–Crippen MR) is 55.1 cm³/mol. The third kappa shape index (κ3) is 2.91. The Hall–Kier alpha value is -0.700. The van der Waals surface area contributed by atoms with Crippen molar-refractivity contribution >= 4 is 11.6 Å². The average molecular weight is 197 g/mol. The Kier molecular flexibility index (Phi) is 3.81. The number of Topliss-reactive ketones (excluding diaryl/α,β-unsaturated/α-hetero) is 2. The highest BCUT2D eigenvalue weighted by molar-refractivity contribution is 5.80. The molecule has 0 atom stereocenters. The van der Waals surface area contributed by atoms with Crippen molar-refractivity contribution in [2.45, 2.75) is 39.0 Å². The summed E-state index contributed by atoms with van der Waals surface area (Å²) in [5.74, 6) is 0.579. The predicted octanol–water partition coefficient (Wildman–Crippen LogP) is 1.31. The smallest absolute Gasteiger partial charge is 0.132 e. The average Bonchev–Trinajstić information content (AvgIpc) is 2.10. The van der Waals surface area contributed by atoms with Crippen molar-refractivity contribution in [3.63, 3.8) is 0 Å². The summed E-state index contributed by atoms with van der Waals surface area (Å²) < 4.78 is 0. The molecule has 0 unspecified atom stereocenters. The summed E-state index contributed by atoms with van der Waals surface area (Å²) in [7, 11) is 1.90. The Labute approximate surface area is 85.3 Å². The van der Waals surface area contributed by atoms with E-state index in [0.717, 1.165) is 19.4 Å². The van der Waals surface area contributed by atoms with Crippen LogP contribution in [0.1, 0.15) is 39.0 Å². The Bertz CT molecular complexity index is 225. The Morgan fingerprint density at radius 2 is 2.00 bits per heavy atom. The SMILES string of the molecule is CNCC1(CC(C)=O)CCC(=O)CC1. The molecule has 80 valence electrons. The third-order valence-corrected chi connectivity index (χ3v) is 3.04. The van der Waals surface area contributed by atoms with Crippen molar-refractivity contribution in [1.29, 1.82) is 0 Å². The van der Waals surface area contributed by atoms with E-state index >= 15 is 0 Å². The topological polar surface area (TPSA) is 46.2 Å². The van der Waals surface area contributed by atoms with Crippen LogP contribution >= 0.6 is 0 Å². The van der Waals surface area contributed by atoms with Crippen LogP contribution in [0.2, 0.25) is 0 Å². The maximum Gasteiger partial charge on any atom is 0.132 e. The molecule has 0 aromatic carbocycles. The van der Waals surface area contributed by atoms with Gasteiger partial charge in [0.2, 0.25) is 0 Å². The van der Waals surface area contributed by atoms with E-state index in [9.17, 15) is 9.59 Å². The lowest BCUT2D eigenvalue weighted by Gasteiger charge is -2.35. The molecule has 0 spiro atoms. The van der Waals surface area contributed by atoms with Gasteiger partial charge in [-0.2, -0.15) is 0 Å². The van der Waals surface area contributed by atoms with Crippen LogP contribution in [0.3, 0.4) is 0 Å². The highest BCUT2D eigenvalue weighted by atomic mass is 16.1. The van der Waals surface area contributed by atoms with Crippen LogP contribution in [0.25, 0.3) is 0 Å². The van der Waals surface area contributed by atoms with Crippen LogP contribution < -0.4 is 5.32 Å². The molecule has 1 aliphatic rings. The van der Waals surface area contributed by atoms with Gasteiger partial charge in [-0.25, -0.2) is 0 Å². The molecule has 1 N–H and O–H groups in total. The molecule has 0 aromatic heterocycles. The largest absolute Gasteiger partial charge is 0.319 e. The number of nitrogens with one attached hydrogen (secondary N) is 1. The molecule has 0 aliphatic heterocycles. The van der Waals surface area contributed by atoms with Crippen LogP contribution in [0.4, 0.5) is 0 Å². The zero-order chi connectivity index (χ0) is 10.6. The first-order valence-corrected chi connectivity index (χ1v) is 5.24. The van der Waals surface area contributed by atoms with Crippen molar-refractivity contribution in [3.05, 3.63) is 0 Å². The van der Waals surface area contributed by atoms with Crippen molar-refractivity contribution in [1.82, 2.24) is 5.32 Å². The van der Waals surface area contributed by atoms with Crippen LogP contribution in [0, 0.1) is 5.41 Å². The van der Waals surface area contributed by atoms with Crippen LogP contribution in [-0.4, -0.2) is 25.2 Å². The second kappa shape index (κ2) is 4.69. The lowest BCUT2D eigenvalue weighted by atomic mass is 9.70. The van der Waals surface area contributed by atoms with Gasteiger partial charge in [0.05, 0.1) is 0 Å². The molecule has 14 heavy (non-hydrogen) atoms. The van der Waals surface area contributed by atoms with Gasteiger partial charge < -0.3 is 10.1 Å². The summed E-state index contributed by atoms with van der Waals surface area (Å²) in [6.07, 6.45) is 3.64. The fourth-order valence-electron chi connectivity index (χ4n) is 2.38. The molecular weight excluding hydrogens is 178 g/mol. The zero-order valence-corrected chi connectivity index (χ0v) is 9.06. The summed E-state index contributed by atoms with van der Waals surface area (Å²) in [6, 6.07) is 0. The van der Waals surface area contributed by atoms with E-state index in [-0.39, 0.29) is 11.2 Å². The van der Waals surface area contributed by atoms with Crippen LogP contribution in [0.15, 0.2) is 0 Å². The molecular formula is C11H19NO2. The van der Waals surface area contributed by atoms with E-state index in [1.807, 2.05) is 7.05 Å². The quantitative estimate of drug-likeness (QED) is 0.739. The molecule has 1 fully saturated rings. The molecule has 0 radical (unpaired) electrons. The highest BCUT2D eigenvalue weighted by Gasteiger charge is 2.34. The second-order valence-electron chi connectivity index (χ2n) is 4.45. The fourth-order valence-corrected chi connectivity index (χ4v) is 2.38. The molecule has 1 saturated carbocycles. The maximum absolute atomic E-state index is 11.2. The summed E-state index contributed by atoms with van der Waals surface area (Å²) in [5, 5.41) is 3.13. The maximum atomic E-state index is 11.2. The molecule has 0 aromatic rings. The zero-order valence-electron chi connectivity index (χ0n) is 9.06. The summed E-state index contributed by atoms with van der Waals surface area (Å²) >= 11 is 0. The molecule has 0 saturated heterocycles. The van der Waals surface area contributed by atoms with E-state index in [4.69, 9.17) is 0 Å². The molecule has 1 aliphatic carbocycles. The van der Waals surface area contributed by atoms with Gasteiger partial charge in [0.25, 0.3) is 0 Å². The lowest BCUT2D eigenvalue weighted by molar-refractivity contribution is -0.126. The second-order valence-corrected chi connectivity index (χ2v) is 4.45. The minimum Gasteiger partial charge on any atom is -0.319 e. The van der Waals surface area contributed by atoms with E-state index in [1.165, 1.54) is 0 Å². The van der Waals surface area contributed by atoms with Crippen molar-refractivity contribution < 1.29 is 9.59 Å². The number of carbonyl (C=O) groups excluding carboxylic acids is 2. The number of hydrogen-bond donors (Lipinski definition) is 1. The van der Waals surface area contributed by atoms with Crippen molar-refractivity contribution in [2.24, 2.45) is 5.41 Å². The number of carbonyl (C=O) groups is 2. The lowest BCUT2D eigenvalue weighted by Crippen LogP contribution is -2.38. The van der Waals surface area contributed by atoms with Gasteiger partial charge in [0.1, 0.15) is 11.6 Å². The van der Waals surface area contributed by atoms with Gasteiger partial charge in [-0.15, -0.1) is 0 Å². The van der Waals surface area contributed by atoms with Gasteiger partial charge >= 0.3 is 0 Å². The number of rotatable bonds is 4. The van der Waals surface area contributed by atoms with E-state index < -0.39 is 0 Å². The first kappa shape index (κ1) is 11.4. The summed E-state index contributed by atoms with van der Waals surface area (Å²) in [6.45, 7) is 2.48. The monoisotopic (exact) mass is 197 g/mol. The summed E-state index contributed by atoms with van der Waals surface area (Å²) in [4.78, 5) is 22.3. The molecule has 1 rings (SSSR count). The molecule has 0 amide bonds. The first-order chi connectivity index (χ1) is 6.58. The molecule has 3 nitrogen and oxygen atoms in total. The highest BCUT2D eigenvalue weighted by Crippen LogP contribution is 2.37. The first-order valence-electron chi connectivity index (χ1n) is 5.24. The van der Waals surface area contributed by atoms with Crippen LogP contribution in [-0.2, 0) is 9.59 Å². The van der Waals surface area contributed by atoms with Gasteiger partial charge in [-0.05, 0) is 32.2 Å². The minimum atomic E-state index is 0.0501. The molecule has 0 heterocycles. The van der Waals surface area contributed by atoms with Gasteiger partial charge in [-0.3, -0.25) is 4.79 Å². The standard InChI is InChI=1S/C11H19NO2/c1-9(13)7-11(8-12-2)5-3-10(14)4-6-11/h12H,3-8H2,1-2H3. The van der Waals surface area contributed by atoms with E-state index in [0.29, 0.717) is 25.0 Å². The normalized spacial score (nSPS) is 20.9. The number of ketones is 2. The summed E-state index contributed by atoms with van der Waals surface area (Å²) in [5.41, 5.74) is 0.0501. The third-order valence-electron chi connectivity index (χ3n) is 3.04. The molecule has 3 heteroatoms. The fraction of sp³-hybridized carbons (Fsp3) is 0.818.